The van der Waals surface area contributed by atoms with Gasteiger partial charge in [0.2, 0.25) is 0 Å². The summed E-state index contributed by atoms with van der Waals surface area (Å²) in [5.74, 6) is -1.33. The first-order chi connectivity index (χ1) is 16.0. The second kappa shape index (κ2) is 11.2. The van der Waals surface area contributed by atoms with Crippen molar-refractivity contribution in [3.8, 4) is 11.5 Å². The first kappa shape index (κ1) is 25.9. The van der Waals surface area contributed by atoms with E-state index >= 15 is 0 Å². The molecule has 0 saturated carbocycles. The second-order valence-corrected chi connectivity index (χ2v) is 10.6. The summed E-state index contributed by atoms with van der Waals surface area (Å²) in [5.41, 5.74) is 3.33. The highest BCUT2D eigenvalue weighted by Crippen LogP contribution is 2.40. The Morgan fingerprint density at radius 3 is 2.47 bits per heavy atom. The Balaban J connectivity index is 1.74. The summed E-state index contributed by atoms with van der Waals surface area (Å²) in [6.45, 7) is 0.0734. The van der Waals surface area contributed by atoms with Crippen LogP contribution in [0.1, 0.15) is 12.0 Å². The van der Waals surface area contributed by atoms with E-state index in [4.69, 9.17) is 4.55 Å². The Labute approximate surface area is 213 Å². The van der Waals surface area contributed by atoms with Gasteiger partial charge in [0.15, 0.2) is 0 Å². The maximum absolute atomic E-state index is 12.6. The van der Waals surface area contributed by atoms with Crippen molar-refractivity contribution in [2.75, 3.05) is 23.7 Å². The topological polar surface area (TPSA) is 140 Å². The highest BCUT2D eigenvalue weighted by molar-refractivity contribution is 9.11. The van der Waals surface area contributed by atoms with Gasteiger partial charge in [0, 0.05) is 17.8 Å². The van der Waals surface area contributed by atoms with Gasteiger partial charge in [-0.15, -0.1) is 0 Å². The molecule has 3 aromatic rings. The van der Waals surface area contributed by atoms with Crippen molar-refractivity contribution in [3.05, 3.63) is 63.0 Å². The number of phenols is 2. The lowest BCUT2D eigenvalue weighted by Gasteiger charge is -2.24. The van der Waals surface area contributed by atoms with Crippen molar-refractivity contribution in [2.24, 2.45) is 5.10 Å². The second-order valence-electron chi connectivity index (χ2n) is 7.34. The van der Waals surface area contributed by atoms with E-state index in [1.54, 1.807) is 4.90 Å². The number of carbonyl (C=O) groups is 1. The van der Waals surface area contributed by atoms with Crippen molar-refractivity contribution in [1.29, 1.82) is 0 Å². The van der Waals surface area contributed by atoms with Gasteiger partial charge in [0.1, 0.15) is 16.0 Å². The van der Waals surface area contributed by atoms with Crippen LogP contribution in [0.15, 0.2) is 62.6 Å². The number of benzene rings is 3. The number of hydrazone groups is 1. The molecule has 34 heavy (non-hydrogen) atoms. The van der Waals surface area contributed by atoms with Gasteiger partial charge in [-0.05, 0) is 67.3 Å². The lowest BCUT2D eigenvalue weighted by Crippen LogP contribution is -2.36. The van der Waals surface area contributed by atoms with Crippen molar-refractivity contribution < 1.29 is 28.0 Å². The van der Waals surface area contributed by atoms with E-state index in [-0.39, 0.29) is 41.0 Å². The largest absolute Gasteiger partial charge is 0.506 e. The van der Waals surface area contributed by atoms with E-state index < -0.39 is 21.8 Å². The molecule has 0 fully saturated rings. The molecule has 0 aliphatic carbocycles. The molecule has 0 saturated heterocycles. The minimum absolute atomic E-state index is 0.0796. The minimum atomic E-state index is -4.12. The maximum atomic E-state index is 12.6. The van der Waals surface area contributed by atoms with Gasteiger partial charge in [0.25, 0.3) is 16.0 Å². The number of phenolic OH excluding ortho intramolecular Hbond substituents is 2. The number of aromatic hydroxyl groups is 2. The molecule has 0 aromatic heterocycles. The van der Waals surface area contributed by atoms with E-state index in [0.29, 0.717) is 10.2 Å². The quantitative estimate of drug-likeness (QED) is 0.162. The number of carbonyl (C=O) groups excluding carboxylic acids is 1. The number of fused-ring (bicyclic) bond motifs is 1. The third kappa shape index (κ3) is 6.92. The van der Waals surface area contributed by atoms with Crippen LogP contribution >= 0.6 is 31.9 Å². The van der Waals surface area contributed by atoms with Gasteiger partial charge in [-0.25, -0.2) is 5.43 Å². The van der Waals surface area contributed by atoms with Gasteiger partial charge < -0.3 is 15.1 Å². The number of rotatable bonds is 9. The molecule has 180 valence electrons. The monoisotopic (exact) mass is 613 g/mol. The van der Waals surface area contributed by atoms with Crippen LogP contribution in [0.3, 0.4) is 0 Å². The average Bonchev–Trinajstić information content (AvgIpc) is 2.79. The summed E-state index contributed by atoms with van der Waals surface area (Å²) >= 11 is 6.23. The Kier molecular flexibility index (Phi) is 8.52. The van der Waals surface area contributed by atoms with Crippen LogP contribution in [0.5, 0.6) is 11.5 Å². The lowest BCUT2D eigenvalue weighted by atomic mass is 10.1. The SMILES string of the molecule is O=C(CN(CCCS(=O)(=O)O)c1ccc2ccccc2c1)N/N=C/c1cc(Br)c(O)c(Br)c1O. The normalized spacial score (nSPS) is 11.7. The molecule has 0 atom stereocenters. The van der Waals surface area contributed by atoms with Gasteiger partial charge in [-0.3, -0.25) is 9.35 Å². The summed E-state index contributed by atoms with van der Waals surface area (Å²) in [6, 6.07) is 14.8. The van der Waals surface area contributed by atoms with Crippen molar-refractivity contribution in [3.63, 3.8) is 0 Å². The molecule has 0 unspecified atom stereocenters. The molecule has 12 heteroatoms. The van der Waals surface area contributed by atoms with E-state index in [1.165, 1.54) is 12.3 Å². The Hall–Kier alpha value is -2.67. The van der Waals surface area contributed by atoms with Gasteiger partial charge in [0.05, 0.1) is 23.0 Å². The number of hydrogen-bond acceptors (Lipinski definition) is 7. The van der Waals surface area contributed by atoms with Crippen molar-refractivity contribution >= 4 is 70.6 Å². The third-order valence-electron chi connectivity index (χ3n) is 4.85. The van der Waals surface area contributed by atoms with Crippen LogP contribution < -0.4 is 10.3 Å². The number of nitrogens with zero attached hydrogens (tertiary/aromatic N) is 2. The Bertz CT molecular complexity index is 1350. The fourth-order valence-electron chi connectivity index (χ4n) is 3.21. The van der Waals surface area contributed by atoms with Crippen molar-refractivity contribution in [1.82, 2.24) is 5.43 Å². The predicted octanol–water partition coefficient (Wildman–Crippen LogP) is 4.01. The van der Waals surface area contributed by atoms with Gasteiger partial charge in [-0.1, -0.05) is 30.3 Å². The van der Waals surface area contributed by atoms with Crippen LogP contribution in [0.2, 0.25) is 0 Å². The molecule has 3 aromatic carbocycles. The molecule has 0 bridgehead atoms. The summed E-state index contributed by atoms with van der Waals surface area (Å²) < 4.78 is 31.7. The van der Waals surface area contributed by atoms with Crippen LogP contribution in [0.4, 0.5) is 5.69 Å². The summed E-state index contributed by atoms with van der Waals surface area (Å²) in [6.07, 6.45) is 1.34. The average molecular weight is 615 g/mol. The number of hydrogen-bond donors (Lipinski definition) is 4. The first-order valence-corrected chi connectivity index (χ1v) is 13.2. The number of halogens is 2. The van der Waals surface area contributed by atoms with Gasteiger partial charge in [-0.2, -0.15) is 13.5 Å². The smallest absolute Gasteiger partial charge is 0.264 e. The summed E-state index contributed by atoms with van der Waals surface area (Å²) in [4.78, 5) is 14.2. The molecule has 3 rings (SSSR count). The van der Waals surface area contributed by atoms with Crippen LogP contribution in [0.25, 0.3) is 10.8 Å². The zero-order valence-corrected chi connectivity index (χ0v) is 21.6. The van der Waals surface area contributed by atoms with E-state index in [2.05, 4.69) is 42.4 Å². The number of anilines is 1. The lowest BCUT2D eigenvalue weighted by molar-refractivity contribution is -0.119. The van der Waals surface area contributed by atoms with E-state index in [1.807, 2.05) is 42.5 Å². The molecular formula is C22H21Br2N3O6S. The minimum Gasteiger partial charge on any atom is -0.506 e. The molecule has 0 aliphatic heterocycles. The van der Waals surface area contributed by atoms with Crippen LogP contribution in [-0.4, -0.2) is 54.1 Å². The molecule has 0 radical (unpaired) electrons. The zero-order chi connectivity index (χ0) is 24.9. The summed E-state index contributed by atoms with van der Waals surface area (Å²) in [7, 11) is -4.12. The molecular weight excluding hydrogens is 594 g/mol. The maximum Gasteiger partial charge on any atom is 0.264 e. The van der Waals surface area contributed by atoms with Crippen molar-refractivity contribution in [2.45, 2.75) is 6.42 Å². The van der Waals surface area contributed by atoms with E-state index in [9.17, 15) is 23.4 Å². The number of amides is 1. The molecule has 0 heterocycles. The highest BCUT2D eigenvalue weighted by atomic mass is 79.9. The molecule has 0 aliphatic rings. The first-order valence-electron chi connectivity index (χ1n) is 9.96. The molecule has 1 amide bonds. The van der Waals surface area contributed by atoms with Gasteiger partial charge >= 0.3 is 0 Å². The zero-order valence-electron chi connectivity index (χ0n) is 17.6. The fraction of sp³-hybridized carbons (Fsp3) is 0.182. The summed E-state index contributed by atoms with van der Waals surface area (Å²) in [5, 5.41) is 25.7. The van der Waals surface area contributed by atoms with Crippen LogP contribution in [-0.2, 0) is 14.9 Å². The number of nitrogens with one attached hydrogen (secondary N) is 1. The highest BCUT2D eigenvalue weighted by Gasteiger charge is 2.15. The predicted molar refractivity (Wildman–Crippen MR) is 138 cm³/mol. The fourth-order valence-corrected chi connectivity index (χ4v) is 4.86. The molecule has 4 N–H and O–H groups in total. The van der Waals surface area contributed by atoms with Crippen LogP contribution in [0, 0.1) is 0 Å². The van der Waals surface area contributed by atoms with E-state index in [0.717, 1.165) is 10.8 Å². The standard InChI is InChI=1S/C22H21Br2N3O6S/c23-18-11-16(21(29)20(24)22(18)30)12-25-26-19(28)13-27(8-3-9-34(31,32)33)17-7-6-14-4-1-2-5-15(14)10-17/h1-2,4-7,10-12,29-30H,3,8-9,13H2,(H,26,28)(H,31,32,33)/b25-12+. The molecule has 9 nitrogen and oxygen atoms in total. The molecule has 0 spiro atoms. The third-order valence-corrected chi connectivity index (χ3v) is 7.01. The Morgan fingerprint density at radius 2 is 1.76 bits per heavy atom. The Morgan fingerprint density at radius 1 is 1.06 bits per heavy atom.